The first-order valence-electron chi connectivity index (χ1n) is 9.25. The van der Waals surface area contributed by atoms with Gasteiger partial charge in [0.2, 0.25) is 10.9 Å². The van der Waals surface area contributed by atoms with Crippen LogP contribution >= 0.6 is 35.2 Å². The summed E-state index contributed by atoms with van der Waals surface area (Å²) in [6.45, 7) is 3.83. The van der Waals surface area contributed by atoms with Gasteiger partial charge in [-0.15, -0.1) is 10.2 Å². The van der Waals surface area contributed by atoms with Gasteiger partial charge in [-0.25, -0.2) is 0 Å². The summed E-state index contributed by atoms with van der Waals surface area (Å²) in [5, 5.41) is 20.1. The highest BCUT2D eigenvalue weighted by Gasteiger charge is 2.14. The number of halogens is 1. The van der Waals surface area contributed by atoms with E-state index in [1.165, 1.54) is 17.4 Å². The highest BCUT2D eigenvalue weighted by atomic mass is 35.5. The Balaban J connectivity index is 1.45. The highest BCUT2D eigenvalue weighted by molar-refractivity contribution is 7.80. The highest BCUT2D eigenvalue weighted by Crippen LogP contribution is 2.31. The van der Waals surface area contributed by atoms with E-state index in [0.717, 1.165) is 38.2 Å². The summed E-state index contributed by atoms with van der Waals surface area (Å²) in [5.41, 5.74) is 3.56. The van der Waals surface area contributed by atoms with Gasteiger partial charge in [0.25, 0.3) is 0 Å². The molecule has 2 heterocycles. The van der Waals surface area contributed by atoms with Crippen molar-refractivity contribution in [3.8, 4) is 10.6 Å². The number of nitrogens with zero attached hydrogens (tertiary/aromatic N) is 4. The molecule has 0 radical (unpaired) electrons. The molecule has 0 aliphatic heterocycles. The Labute approximate surface area is 192 Å². The Morgan fingerprint density at radius 1 is 1.16 bits per heavy atom. The maximum atomic E-state index is 12.2. The zero-order valence-corrected chi connectivity index (χ0v) is 19.0. The maximum absolute atomic E-state index is 12.2. The van der Waals surface area contributed by atoms with Crippen LogP contribution in [-0.4, -0.2) is 30.8 Å². The van der Waals surface area contributed by atoms with Crippen molar-refractivity contribution in [3.63, 3.8) is 0 Å². The molecule has 0 aliphatic rings. The number of carbonyl (C=O) groups is 1. The van der Waals surface area contributed by atoms with Crippen molar-refractivity contribution in [2.45, 2.75) is 13.8 Å². The molecule has 0 atom stereocenters. The summed E-state index contributed by atoms with van der Waals surface area (Å²) in [7, 11) is 0. The van der Waals surface area contributed by atoms with Crippen molar-refractivity contribution in [1.82, 2.24) is 25.1 Å². The standard InChI is InChI=1S/C21H17ClN6OS2/c1-12-16(19-27-28-13(2)25-26-21(28)31-19)4-3-5-17(12)23-20(30)24-18(29)11-8-14-6-9-15(22)10-7-14/h3-11H,1-2H3,(H2,23,24,29,30)/b11-8+. The van der Waals surface area contributed by atoms with Crippen LogP contribution in [0.4, 0.5) is 5.69 Å². The number of nitrogens with one attached hydrogen (secondary N) is 2. The summed E-state index contributed by atoms with van der Waals surface area (Å²) < 4.78 is 1.72. The van der Waals surface area contributed by atoms with Crippen molar-refractivity contribution >= 4 is 62.9 Å². The van der Waals surface area contributed by atoms with Gasteiger partial charge in [-0.2, -0.15) is 9.61 Å². The van der Waals surface area contributed by atoms with Crippen molar-refractivity contribution in [3.05, 3.63) is 70.5 Å². The molecule has 2 aromatic carbocycles. The van der Waals surface area contributed by atoms with Crippen LogP contribution in [0.3, 0.4) is 0 Å². The Hall–Kier alpha value is -3.14. The maximum Gasteiger partial charge on any atom is 0.250 e. The number of amides is 1. The predicted molar refractivity (Wildman–Crippen MR) is 128 cm³/mol. The minimum Gasteiger partial charge on any atom is -0.332 e. The molecule has 2 aromatic heterocycles. The summed E-state index contributed by atoms with van der Waals surface area (Å²) in [6, 6.07) is 13.0. The Bertz CT molecular complexity index is 1310. The largest absolute Gasteiger partial charge is 0.332 e. The molecule has 10 heteroatoms. The first-order chi connectivity index (χ1) is 14.9. The molecule has 0 spiro atoms. The minimum absolute atomic E-state index is 0.208. The molecule has 31 heavy (non-hydrogen) atoms. The number of anilines is 1. The lowest BCUT2D eigenvalue weighted by molar-refractivity contribution is -0.115. The number of rotatable bonds is 4. The Morgan fingerprint density at radius 2 is 1.94 bits per heavy atom. The first-order valence-corrected chi connectivity index (χ1v) is 10.9. The van der Waals surface area contributed by atoms with Gasteiger partial charge < -0.3 is 5.32 Å². The smallest absolute Gasteiger partial charge is 0.250 e. The number of hydrogen-bond acceptors (Lipinski definition) is 6. The van der Waals surface area contributed by atoms with E-state index in [4.69, 9.17) is 23.8 Å². The lowest BCUT2D eigenvalue weighted by Crippen LogP contribution is -2.33. The summed E-state index contributed by atoms with van der Waals surface area (Å²) in [6.07, 6.45) is 3.11. The first kappa shape index (κ1) is 21.1. The van der Waals surface area contributed by atoms with Gasteiger partial charge in [0.1, 0.15) is 5.01 Å². The molecule has 0 unspecified atom stereocenters. The average molecular weight is 469 g/mol. The van der Waals surface area contributed by atoms with Crippen LogP contribution in [0.1, 0.15) is 17.0 Å². The molecule has 0 bridgehead atoms. The third kappa shape index (κ3) is 4.79. The van der Waals surface area contributed by atoms with Crippen molar-refractivity contribution < 1.29 is 4.79 Å². The fourth-order valence-corrected chi connectivity index (χ4v) is 4.18. The van der Waals surface area contributed by atoms with Crippen LogP contribution in [0.25, 0.3) is 21.6 Å². The molecule has 0 fully saturated rings. The second kappa shape index (κ2) is 8.93. The fourth-order valence-electron chi connectivity index (χ4n) is 2.88. The molecule has 2 N–H and O–H groups in total. The van der Waals surface area contributed by atoms with Crippen LogP contribution in [0.5, 0.6) is 0 Å². The van der Waals surface area contributed by atoms with Crippen molar-refractivity contribution in [1.29, 1.82) is 0 Å². The molecule has 4 rings (SSSR count). The van der Waals surface area contributed by atoms with E-state index in [1.807, 2.05) is 44.2 Å². The number of aryl methyl sites for hydroxylation is 1. The lowest BCUT2D eigenvalue weighted by Gasteiger charge is -2.13. The van der Waals surface area contributed by atoms with Gasteiger partial charge in [0.15, 0.2) is 10.9 Å². The fraction of sp³-hybridized carbons (Fsp3) is 0.0952. The molecule has 0 saturated carbocycles. The summed E-state index contributed by atoms with van der Waals surface area (Å²) >= 11 is 12.6. The van der Waals surface area contributed by atoms with Crippen LogP contribution in [0.2, 0.25) is 5.02 Å². The number of fused-ring (bicyclic) bond motifs is 1. The van der Waals surface area contributed by atoms with Crippen molar-refractivity contribution in [2.24, 2.45) is 0 Å². The van der Waals surface area contributed by atoms with Crippen molar-refractivity contribution in [2.75, 3.05) is 5.32 Å². The van der Waals surface area contributed by atoms with E-state index in [1.54, 1.807) is 22.7 Å². The number of aromatic nitrogens is 4. The molecule has 1 amide bonds. The molecule has 0 saturated heterocycles. The van der Waals surface area contributed by atoms with Gasteiger partial charge in [0, 0.05) is 22.3 Å². The number of thiocarbonyl (C=S) groups is 1. The van der Waals surface area contributed by atoms with Gasteiger partial charge in [-0.1, -0.05) is 47.2 Å². The quantitative estimate of drug-likeness (QED) is 0.335. The number of hydrogen-bond donors (Lipinski definition) is 2. The molecular formula is C21H17ClN6OS2. The van der Waals surface area contributed by atoms with Crippen LogP contribution in [0.15, 0.2) is 48.5 Å². The van der Waals surface area contributed by atoms with E-state index in [-0.39, 0.29) is 11.0 Å². The van der Waals surface area contributed by atoms with E-state index >= 15 is 0 Å². The van der Waals surface area contributed by atoms with E-state index in [9.17, 15) is 4.79 Å². The third-order valence-electron chi connectivity index (χ3n) is 4.49. The van der Waals surface area contributed by atoms with Gasteiger partial charge in [-0.3, -0.25) is 10.1 Å². The zero-order valence-electron chi connectivity index (χ0n) is 16.6. The normalized spacial score (nSPS) is 11.2. The van der Waals surface area contributed by atoms with Crippen LogP contribution in [0, 0.1) is 13.8 Å². The molecular weight excluding hydrogens is 452 g/mol. The third-order valence-corrected chi connectivity index (χ3v) is 5.88. The molecule has 4 aromatic rings. The number of carbonyl (C=O) groups excluding carboxylic acids is 1. The predicted octanol–water partition coefficient (Wildman–Crippen LogP) is 4.65. The van der Waals surface area contributed by atoms with Crippen LogP contribution < -0.4 is 10.6 Å². The lowest BCUT2D eigenvalue weighted by atomic mass is 10.1. The average Bonchev–Trinajstić information content (AvgIpc) is 3.31. The molecule has 156 valence electrons. The van der Waals surface area contributed by atoms with Gasteiger partial charge in [-0.05, 0) is 61.5 Å². The molecule has 7 nitrogen and oxygen atoms in total. The monoisotopic (exact) mass is 468 g/mol. The molecule has 0 aliphatic carbocycles. The zero-order chi connectivity index (χ0) is 22.0. The summed E-state index contributed by atoms with van der Waals surface area (Å²) in [4.78, 5) is 12.9. The van der Waals surface area contributed by atoms with Gasteiger partial charge >= 0.3 is 0 Å². The Morgan fingerprint density at radius 3 is 2.68 bits per heavy atom. The topological polar surface area (TPSA) is 84.2 Å². The van der Waals surface area contributed by atoms with E-state index in [0.29, 0.717) is 5.02 Å². The minimum atomic E-state index is -0.328. The van der Waals surface area contributed by atoms with E-state index < -0.39 is 0 Å². The number of benzene rings is 2. The SMILES string of the molecule is Cc1c(NC(=S)NC(=O)/C=C/c2ccc(Cl)cc2)cccc1-c1nn2c(C)nnc2s1. The Kier molecular flexibility index (Phi) is 6.08. The van der Waals surface area contributed by atoms with E-state index in [2.05, 4.69) is 25.9 Å². The second-order valence-electron chi connectivity index (χ2n) is 6.66. The van der Waals surface area contributed by atoms with Crippen LogP contribution in [-0.2, 0) is 4.79 Å². The summed E-state index contributed by atoms with van der Waals surface area (Å²) in [5.74, 6) is 0.408. The second-order valence-corrected chi connectivity index (χ2v) is 8.46. The van der Waals surface area contributed by atoms with Gasteiger partial charge in [0.05, 0.1) is 0 Å².